The molecule has 0 aromatic heterocycles. The van der Waals surface area contributed by atoms with Gasteiger partial charge < -0.3 is 10.5 Å². The molecular weight excluding hydrogens is 256 g/mol. The summed E-state index contributed by atoms with van der Waals surface area (Å²) in [6, 6.07) is -0.0720. The van der Waals surface area contributed by atoms with Crippen LogP contribution in [0.5, 0.6) is 0 Å². The van der Waals surface area contributed by atoms with E-state index in [-0.39, 0.29) is 6.04 Å². The van der Waals surface area contributed by atoms with Gasteiger partial charge in [-0.05, 0) is 12.8 Å². The smallest absolute Gasteiger partial charge is 0.292 e. The molecule has 0 spiro atoms. The zero-order valence-corrected chi connectivity index (χ0v) is 11.4. The molecule has 7 nitrogen and oxygen atoms in total. The van der Waals surface area contributed by atoms with E-state index in [2.05, 4.69) is 4.83 Å². The summed E-state index contributed by atoms with van der Waals surface area (Å²) in [5, 5.41) is 1.70. The molecule has 1 atom stereocenters. The molecule has 0 bridgehead atoms. The predicted octanol–water partition coefficient (Wildman–Crippen LogP) is -1.12. The summed E-state index contributed by atoms with van der Waals surface area (Å²) in [4.78, 5) is 2.63. The third kappa shape index (κ3) is 3.40. The highest BCUT2D eigenvalue weighted by Gasteiger charge is 2.32. The van der Waals surface area contributed by atoms with Crippen LogP contribution in [0.3, 0.4) is 0 Å². The van der Waals surface area contributed by atoms with E-state index >= 15 is 0 Å². The minimum atomic E-state index is -3.47. The number of morpholine rings is 1. The summed E-state index contributed by atoms with van der Waals surface area (Å²) >= 11 is 0. The molecular formula is C10H22N4O3S. The normalized spacial score (nSPS) is 28.4. The second kappa shape index (κ2) is 6.27. The number of hydrogen-bond acceptors (Lipinski definition) is 5. The molecule has 2 heterocycles. The summed E-state index contributed by atoms with van der Waals surface area (Å²) in [5.74, 6) is 0. The van der Waals surface area contributed by atoms with Crippen molar-refractivity contribution < 1.29 is 13.2 Å². The Balaban J connectivity index is 1.99. The van der Waals surface area contributed by atoms with Crippen molar-refractivity contribution in [1.29, 1.82) is 0 Å². The van der Waals surface area contributed by atoms with Crippen molar-refractivity contribution in [2.75, 3.05) is 39.4 Å². The first-order valence-corrected chi connectivity index (χ1v) is 7.89. The average Bonchev–Trinajstić information content (AvgIpc) is 2.39. The van der Waals surface area contributed by atoms with Crippen molar-refractivity contribution in [3.8, 4) is 0 Å². The first-order valence-electron chi connectivity index (χ1n) is 6.45. The zero-order valence-electron chi connectivity index (χ0n) is 10.5. The van der Waals surface area contributed by atoms with Crippen LogP contribution in [0.4, 0.5) is 0 Å². The van der Waals surface area contributed by atoms with Gasteiger partial charge in [0.25, 0.3) is 10.2 Å². The number of nitrogens with two attached hydrogens (primary N) is 1. The van der Waals surface area contributed by atoms with Crippen molar-refractivity contribution in [2.24, 2.45) is 5.73 Å². The van der Waals surface area contributed by atoms with Crippen LogP contribution >= 0.6 is 0 Å². The summed E-state index contributed by atoms with van der Waals surface area (Å²) in [6.07, 6.45) is 2.80. The fourth-order valence-electron chi connectivity index (χ4n) is 2.40. The third-order valence-electron chi connectivity index (χ3n) is 3.41. The number of ether oxygens (including phenoxy) is 1. The van der Waals surface area contributed by atoms with Gasteiger partial charge in [-0.3, -0.25) is 0 Å². The number of nitrogens with one attached hydrogen (secondary N) is 1. The first kappa shape index (κ1) is 14.2. The second-order valence-corrected chi connectivity index (χ2v) is 6.29. The van der Waals surface area contributed by atoms with Gasteiger partial charge in [-0.15, -0.1) is 4.83 Å². The molecule has 3 N–H and O–H groups in total. The lowest BCUT2D eigenvalue weighted by Gasteiger charge is -2.36. The fraction of sp³-hybridized carbons (Fsp3) is 1.00. The molecule has 0 aliphatic carbocycles. The Morgan fingerprint density at radius 1 is 1.22 bits per heavy atom. The van der Waals surface area contributed by atoms with E-state index in [1.165, 1.54) is 4.31 Å². The monoisotopic (exact) mass is 278 g/mol. The van der Waals surface area contributed by atoms with Crippen LogP contribution in [0.2, 0.25) is 0 Å². The topological polar surface area (TPSA) is 87.9 Å². The Morgan fingerprint density at radius 3 is 2.61 bits per heavy atom. The molecule has 2 aliphatic rings. The van der Waals surface area contributed by atoms with Crippen LogP contribution in [0.15, 0.2) is 0 Å². The number of hydrazine groups is 1. The minimum Gasteiger partial charge on any atom is -0.379 e. The number of rotatable bonds is 4. The van der Waals surface area contributed by atoms with E-state index in [4.69, 9.17) is 10.5 Å². The van der Waals surface area contributed by atoms with Crippen LogP contribution in [-0.4, -0.2) is 63.2 Å². The van der Waals surface area contributed by atoms with E-state index < -0.39 is 10.2 Å². The number of piperidine rings is 1. The maximum Gasteiger partial charge on any atom is 0.292 e. The molecule has 0 saturated carbocycles. The Labute approximate surface area is 108 Å². The molecule has 2 aliphatic heterocycles. The Hall–Kier alpha value is -0.250. The second-order valence-electron chi connectivity index (χ2n) is 4.69. The van der Waals surface area contributed by atoms with Gasteiger partial charge in [0.1, 0.15) is 0 Å². The Bertz CT molecular complexity index is 356. The summed E-state index contributed by atoms with van der Waals surface area (Å²) in [5.41, 5.74) is 5.66. The van der Waals surface area contributed by atoms with Crippen molar-refractivity contribution in [1.82, 2.24) is 14.1 Å². The quantitative estimate of drug-likeness (QED) is 0.680. The number of hydrogen-bond donors (Lipinski definition) is 2. The summed E-state index contributed by atoms with van der Waals surface area (Å²) in [6.45, 7) is 3.22. The molecule has 106 valence electrons. The molecule has 0 amide bonds. The predicted molar refractivity (Wildman–Crippen MR) is 67.8 cm³/mol. The number of nitrogens with zero attached hydrogens (tertiary/aromatic N) is 2. The van der Waals surface area contributed by atoms with E-state index in [1.54, 1.807) is 5.01 Å². The molecule has 0 radical (unpaired) electrons. The largest absolute Gasteiger partial charge is 0.379 e. The van der Waals surface area contributed by atoms with Gasteiger partial charge in [0.05, 0.1) is 13.2 Å². The van der Waals surface area contributed by atoms with Crippen LogP contribution in [0.1, 0.15) is 19.3 Å². The fourth-order valence-corrected chi connectivity index (χ4v) is 3.96. The van der Waals surface area contributed by atoms with Gasteiger partial charge in [0.15, 0.2) is 0 Å². The summed E-state index contributed by atoms with van der Waals surface area (Å²) < 4.78 is 31.3. The molecule has 18 heavy (non-hydrogen) atoms. The zero-order chi connectivity index (χ0) is 13.0. The van der Waals surface area contributed by atoms with Crippen LogP contribution < -0.4 is 10.6 Å². The first-order chi connectivity index (χ1) is 8.63. The van der Waals surface area contributed by atoms with Crippen molar-refractivity contribution >= 4 is 10.2 Å². The standard InChI is InChI=1S/C10H22N4O3S/c11-9-10-3-1-2-4-14(10)18(15,16)12-13-5-7-17-8-6-13/h10,12H,1-9,11H2. The van der Waals surface area contributed by atoms with Crippen molar-refractivity contribution in [2.45, 2.75) is 25.3 Å². The average molecular weight is 278 g/mol. The highest BCUT2D eigenvalue weighted by atomic mass is 32.2. The SMILES string of the molecule is NCC1CCCCN1S(=O)(=O)NN1CCOCC1. The van der Waals surface area contributed by atoms with Gasteiger partial charge in [-0.25, -0.2) is 5.01 Å². The van der Waals surface area contributed by atoms with Gasteiger partial charge in [-0.1, -0.05) is 6.42 Å². The highest BCUT2D eigenvalue weighted by molar-refractivity contribution is 7.87. The maximum absolute atomic E-state index is 12.3. The van der Waals surface area contributed by atoms with Gasteiger partial charge >= 0.3 is 0 Å². The molecule has 2 fully saturated rings. The highest BCUT2D eigenvalue weighted by Crippen LogP contribution is 2.19. The van der Waals surface area contributed by atoms with Gasteiger partial charge in [-0.2, -0.15) is 12.7 Å². The van der Waals surface area contributed by atoms with E-state index in [0.29, 0.717) is 39.4 Å². The van der Waals surface area contributed by atoms with E-state index in [1.807, 2.05) is 0 Å². The van der Waals surface area contributed by atoms with E-state index in [0.717, 1.165) is 19.3 Å². The van der Waals surface area contributed by atoms with Crippen LogP contribution in [0, 0.1) is 0 Å². The minimum absolute atomic E-state index is 0.0720. The molecule has 0 aromatic rings. The molecule has 8 heteroatoms. The lowest BCUT2D eigenvalue weighted by Crippen LogP contribution is -2.57. The Morgan fingerprint density at radius 2 is 1.94 bits per heavy atom. The molecule has 1 unspecified atom stereocenters. The molecule has 2 rings (SSSR count). The lowest BCUT2D eigenvalue weighted by atomic mass is 10.1. The van der Waals surface area contributed by atoms with Crippen LogP contribution in [0.25, 0.3) is 0 Å². The van der Waals surface area contributed by atoms with Crippen molar-refractivity contribution in [3.05, 3.63) is 0 Å². The molecule has 0 aromatic carbocycles. The lowest BCUT2D eigenvalue weighted by molar-refractivity contribution is 0.0256. The maximum atomic E-state index is 12.3. The molecule has 2 saturated heterocycles. The van der Waals surface area contributed by atoms with E-state index in [9.17, 15) is 8.42 Å². The van der Waals surface area contributed by atoms with Crippen LogP contribution in [-0.2, 0) is 14.9 Å². The van der Waals surface area contributed by atoms with Crippen molar-refractivity contribution in [3.63, 3.8) is 0 Å². The van der Waals surface area contributed by atoms with Gasteiger partial charge in [0.2, 0.25) is 0 Å². The van der Waals surface area contributed by atoms with Gasteiger partial charge in [0, 0.05) is 32.2 Å². The Kier molecular flexibility index (Phi) is 4.93. The summed E-state index contributed by atoms with van der Waals surface area (Å²) in [7, 11) is -3.47. The third-order valence-corrected chi connectivity index (χ3v) is 5.00.